The molecule has 0 bridgehead atoms. The molecule has 7 nitrogen and oxygen atoms in total. The summed E-state index contributed by atoms with van der Waals surface area (Å²) in [7, 11) is -2.26. The fourth-order valence-corrected chi connectivity index (χ4v) is 5.21. The average molecular weight is 505 g/mol. The second kappa shape index (κ2) is 10.9. The summed E-state index contributed by atoms with van der Waals surface area (Å²) in [6, 6.07) is 6.94. The van der Waals surface area contributed by atoms with E-state index in [-0.39, 0.29) is 47.4 Å². The van der Waals surface area contributed by atoms with Gasteiger partial charge in [0.1, 0.15) is 0 Å². The number of hydrogen-bond donors (Lipinski definition) is 0. The zero-order valence-corrected chi connectivity index (χ0v) is 24.2. The van der Waals surface area contributed by atoms with E-state index in [2.05, 4.69) is 66.5 Å². The number of rotatable bonds is 10. The van der Waals surface area contributed by atoms with Gasteiger partial charge in [0.05, 0.1) is 36.9 Å². The molecule has 1 heterocycles. The maximum Gasteiger partial charge on any atom is 0.320 e. The fourth-order valence-electron chi connectivity index (χ4n) is 3.88. The molecule has 35 heavy (non-hydrogen) atoms. The first-order chi connectivity index (χ1) is 16.0. The minimum Gasteiger partial charge on any atom is -0.465 e. The van der Waals surface area contributed by atoms with Crippen molar-refractivity contribution in [2.24, 2.45) is 5.41 Å². The molecule has 2 atom stereocenters. The summed E-state index contributed by atoms with van der Waals surface area (Å²) in [6.07, 6.45) is -0.447. The van der Waals surface area contributed by atoms with Crippen LogP contribution in [0.1, 0.15) is 76.1 Å². The van der Waals surface area contributed by atoms with Crippen molar-refractivity contribution in [1.29, 1.82) is 0 Å². The Hall–Kier alpha value is -2.03. The summed E-state index contributed by atoms with van der Waals surface area (Å²) < 4.78 is 12.0. The second-order valence-electron chi connectivity index (χ2n) is 12.0. The van der Waals surface area contributed by atoms with Crippen molar-refractivity contribution in [3.05, 3.63) is 35.4 Å². The van der Waals surface area contributed by atoms with Crippen molar-refractivity contribution >= 4 is 26.1 Å². The van der Waals surface area contributed by atoms with Crippen molar-refractivity contribution in [3.8, 4) is 0 Å². The van der Waals surface area contributed by atoms with Gasteiger partial charge in [0, 0.05) is 12.6 Å². The van der Waals surface area contributed by atoms with Crippen molar-refractivity contribution in [2.75, 3.05) is 26.2 Å². The number of carbonyl (C=O) groups excluding carboxylic acids is 3. The molecule has 1 aromatic rings. The second-order valence-corrected chi connectivity index (χ2v) is 16.8. The number of hydrogen-bond acceptors (Lipinski definition) is 6. The van der Waals surface area contributed by atoms with Crippen LogP contribution in [0.3, 0.4) is 0 Å². The lowest BCUT2D eigenvalue weighted by molar-refractivity contribution is -0.146. The molecule has 8 heteroatoms. The number of carbonyl (C=O) groups is 3. The molecule has 2 amide bonds. The minimum absolute atomic E-state index is 0.0274. The highest BCUT2D eigenvalue weighted by molar-refractivity contribution is 6.74. The summed E-state index contributed by atoms with van der Waals surface area (Å²) in [4.78, 5) is 42.1. The van der Waals surface area contributed by atoms with Gasteiger partial charge in [-0.15, -0.1) is 0 Å². The van der Waals surface area contributed by atoms with E-state index in [1.54, 1.807) is 31.2 Å². The highest BCUT2D eigenvalue weighted by Crippen LogP contribution is 2.38. The third kappa shape index (κ3) is 7.02. The zero-order chi connectivity index (χ0) is 26.8. The summed E-state index contributed by atoms with van der Waals surface area (Å²) in [5, 5.41) is -0.0607. The van der Waals surface area contributed by atoms with Gasteiger partial charge in [-0.25, -0.2) is 0 Å². The molecule has 0 saturated heterocycles. The number of esters is 1. The monoisotopic (exact) mass is 504 g/mol. The Bertz CT molecular complexity index is 897. The van der Waals surface area contributed by atoms with Crippen molar-refractivity contribution in [3.63, 3.8) is 0 Å². The lowest BCUT2D eigenvalue weighted by Crippen LogP contribution is -2.54. The van der Waals surface area contributed by atoms with E-state index in [0.717, 1.165) is 0 Å². The lowest BCUT2D eigenvalue weighted by atomic mass is 9.86. The van der Waals surface area contributed by atoms with Gasteiger partial charge in [0.25, 0.3) is 11.8 Å². The maximum atomic E-state index is 13.1. The van der Waals surface area contributed by atoms with Gasteiger partial charge < -0.3 is 9.16 Å². The molecule has 1 aliphatic heterocycles. The van der Waals surface area contributed by atoms with Gasteiger partial charge in [-0.1, -0.05) is 53.7 Å². The third-order valence-electron chi connectivity index (χ3n) is 7.41. The van der Waals surface area contributed by atoms with Crippen molar-refractivity contribution in [1.82, 2.24) is 9.80 Å². The largest absolute Gasteiger partial charge is 0.465 e. The molecule has 196 valence electrons. The zero-order valence-electron chi connectivity index (χ0n) is 23.2. The van der Waals surface area contributed by atoms with Crippen LogP contribution in [0.4, 0.5) is 0 Å². The minimum atomic E-state index is -2.26. The van der Waals surface area contributed by atoms with Crippen LogP contribution in [0.5, 0.6) is 0 Å². The first-order valence-electron chi connectivity index (χ1n) is 12.5. The van der Waals surface area contributed by atoms with Gasteiger partial charge in [-0.2, -0.15) is 0 Å². The van der Waals surface area contributed by atoms with Crippen LogP contribution < -0.4 is 0 Å². The summed E-state index contributed by atoms with van der Waals surface area (Å²) in [6.45, 7) is 22.0. The third-order valence-corrected chi connectivity index (χ3v) is 11.9. The van der Waals surface area contributed by atoms with E-state index in [1.807, 2.05) is 0 Å². The molecular weight excluding hydrogens is 460 g/mol. The van der Waals surface area contributed by atoms with E-state index >= 15 is 0 Å². The Morgan fingerprint density at radius 1 is 1.03 bits per heavy atom. The van der Waals surface area contributed by atoms with Crippen LogP contribution in [-0.2, 0) is 14.0 Å². The average Bonchev–Trinajstić information content (AvgIpc) is 2.96. The molecule has 0 radical (unpaired) electrons. The predicted molar refractivity (Wildman–Crippen MR) is 141 cm³/mol. The van der Waals surface area contributed by atoms with Crippen LogP contribution in [0.15, 0.2) is 24.3 Å². The SMILES string of the molecule is CCOC(=O)CN(CC(CN1C(=O)c2ccccc2C1=O)O[Si](C)(C)C(C)(C)C)C(C)C(C)(C)C. The van der Waals surface area contributed by atoms with E-state index in [4.69, 9.17) is 9.16 Å². The Kier molecular flexibility index (Phi) is 9.12. The van der Waals surface area contributed by atoms with Crippen LogP contribution >= 0.6 is 0 Å². The van der Waals surface area contributed by atoms with E-state index in [0.29, 0.717) is 24.3 Å². The molecular formula is C27H44N2O5Si. The molecule has 0 fully saturated rings. The normalized spacial score (nSPS) is 16.5. The first kappa shape index (κ1) is 29.2. The topological polar surface area (TPSA) is 76.2 Å². The van der Waals surface area contributed by atoms with Crippen LogP contribution in [0, 0.1) is 5.41 Å². The van der Waals surface area contributed by atoms with Gasteiger partial charge in [0.2, 0.25) is 0 Å². The highest BCUT2D eigenvalue weighted by atomic mass is 28.4. The molecule has 0 N–H and O–H groups in total. The number of benzene rings is 1. The predicted octanol–water partition coefficient (Wildman–Crippen LogP) is 4.97. The molecule has 0 aliphatic carbocycles. The first-order valence-corrected chi connectivity index (χ1v) is 15.4. The number of ether oxygens (including phenoxy) is 1. The Labute approximate surface area is 212 Å². The molecule has 0 spiro atoms. The van der Waals surface area contributed by atoms with Crippen molar-refractivity contribution < 1.29 is 23.5 Å². The number of imide groups is 1. The quantitative estimate of drug-likeness (QED) is 0.254. The molecule has 2 unspecified atom stereocenters. The van der Waals surface area contributed by atoms with Crippen LogP contribution in [-0.4, -0.2) is 74.3 Å². The standard InChI is InChI=1S/C27H44N2O5Si/c1-11-33-23(30)18-28(19(2)26(3,4)5)16-20(34-35(9,10)27(6,7)8)17-29-24(31)21-14-12-13-15-22(21)25(29)32/h12-15,19-20H,11,16-18H2,1-10H3. The molecule has 2 rings (SSSR count). The maximum absolute atomic E-state index is 13.1. The Morgan fingerprint density at radius 2 is 1.54 bits per heavy atom. The number of nitrogens with zero attached hydrogens (tertiary/aromatic N) is 2. The van der Waals surface area contributed by atoms with Crippen LogP contribution in [0.2, 0.25) is 18.1 Å². The van der Waals surface area contributed by atoms with Gasteiger partial charge in [-0.05, 0) is 49.5 Å². The molecule has 0 aromatic heterocycles. The molecule has 1 aromatic carbocycles. The Morgan fingerprint density at radius 3 is 1.97 bits per heavy atom. The van der Waals surface area contributed by atoms with Crippen molar-refractivity contribution in [2.45, 2.75) is 85.7 Å². The summed E-state index contributed by atoms with van der Waals surface area (Å²) in [5.74, 6) is -0.888. The van der Waals surface area contributed by atoms with Gasteiger partial charge >= 0.3 is 5.97 Å². The fraction of sp³-hybridized carbons (Fsp3) is 0.667. The summed E-state index contributed by atoms with van der Waals surface area (Å²) >= 11 is 0. The van der Waals surface area contributed by atoms with E-state index in [1.165, 1.54) is 4.90 Å². The molecule has 0 saturated carbocycles. The number of amides is 2. The highest BCUT2D eigenvalue weighted by Gasteiger charge is 2.43. The summed E-state index contributed by atoms with van der Waals surface area (Å²) in [5.41, 5.74) is 0.744. The van der Waals surface area contributed by atoms with Crippen LogP contribution in [0.25, 0.3) is 0 Å². The Balaban J connectivity index is 2.39. The molecule has 1 aliphatic rings. The lowest BCUT2D eigenvalue weighted by Gasteiger charge is -2.43. The van der Waals surface area contributed by atoms with E-state index in [9.17, 15) is 14.4 Å². The number of fused-ring (bicyclic) bond motifs is 1. The smallest absolute Gasteiger partial charge is 0.320 e. The van der Waals surface area contributed by atoms with E-state index < -0.39 is 14.4 Å². The van der Waals surface area contributed by atoms with Gasteiger partial charge in [0.15, 0.2) is 8.32 Å². The van der Waals surface area contributed by atoms with Gasteiger partial charge in [-0.3, -0.25) is 24.2 Å².